The molecule has 0 atom stereocenters. The van der Waals surface area contributed by atoms with Crippen molar-refractivity contribution in [1.82, 2.24) is 0 Å². The quantitative estimate of drug-likeness (QED) is 0.573. The zero-order valence-electron chi connectivity index (χ0n) is 14.0. The van der Waals surface area contributed by atoms with Crippen LogP contribution in [0.5, 0.6) is 0 Å². The Kier molecular flexibility index (Phi) is 6.71. The van der Waals surface area contributed by atoms with Gasteiger partial charge in [0.25, 0.3) is 0 Å². The second-order valence-corrected chi connectivity index (χ2v) is 7.25. The molecule has 2 aliphatic rings. The van der Waals surface area contributed by atoms with Gasteiger partial charge in [-0.3, -0.25) is 9.59 Å². The van der Waals surface area contributed by atoms with Crippen LogP contribution in [0, 0.1) is 23.7 Å². The topological polar surface area (TPSA) is 52.6 Å². The molecule has 2 aliphatic carbocycles. The van der Waals surface area contributed by atoms with Gasteiger partial charge in [0.2, 0.25) is 0 Å². The van der Waals surface area contributed by atoms with Gasteiger partial charge in [-0.1, -0.05) is 13.8 Å². The van der Waals surface area contributed by atoms with Crippen molar-refractivity contribution in [1.29, 1.82) is 0 Å². The van der Waals surface area contributed by atoms with Crippen molar-refractivity contribution >= 4 is 11.9 Å². The van der Waals surface area contributed by atoms with E-state index in [4.69, 9.17) is 9.47 Å². The smallest absolute Gasteiger partial charge is 0.309 e. The van der Waals surface area contributed by atoms with Crippen molar-refractivity contribution in [3.05, 3.63) is 0 Å². The molecular formula is C18H30O4. The lowest BCUT2D eigenvalue weighted by Gasteiger charge is -2.25. The maximum absolute atomic E-state index is 11.9. The second-order valence-electron chi connectivity index (χ2n) is 7.25. The van der Waals surface area contributed by atoms with Gasteiger partial charge in [0.15, 0.2) is 0 Å². The summed E-state index contributed by atoms with van der Waals surface area (Å²) >= 11 is 0. The maximum Gasteiger partial charge on any atom is 0.309 e. The van der Waals surface area contributed by atoms with Crippen LogP contribution in [0.25, 0.3) is 0 Å². The van der Waals surface area contributed by atoms with E-state index in [1.807, 2.05) is 0 Å². The minimum Gasteiger partial charge on any atom is -0.462 e. The summed E-state index contributed by atoms with van der Waals surface area (Å²) in [6, 6.07) is 0. The summed E-state index contributed by atoms with van der Waals surface area (Å²) in [5.74, 6) is 1.31. The molecule has 2 saturated carbocycles. The molecule has 126 valence electrons. The minimum absolute atomic E-state index is 0.0479. The van der Waals surface area contributed by atoms with Crippen molar-refractivity contribution in [3.63, 3.8) is 0 Å². The Labute approximate surface area is 133 Å². The zero-order valence-corrected chi connectivity index (χ0v) is 14.0. The van der Waals surface area contributed by atoms with Crippen LogP contribution in [0.2, 0.25) is 0 Å². The lowest BCUT2D eigenvalue weighted by Crippen LogP contribution is -2.26. The van der Waals surface area contributed by atoms with Crippen LogP contribution < -0.4 is 0 Å². The zero-order chi connectivity index (χ0) is 15.9. The molecule has 0 saturated heterocycles. The summed E-state index contributed by atoms with van der Waals surface area (Å²) in [6.45, 7) is 4.85. The first-order valence-electron chi connectivity index (χ1n) is 8.89. The minimum atomic E-state index is -0.116. The van der Waals surface area contributed by atoms with E-state index in [9.17, 15) is 9.59 Å². The van der Waals surface area contributed by atoms with E-state index < -0.39 is 0 Å². The van der Waals surface area contributed by atoms with Gasteiger partial charge in [0, 0.05) is 0 Å². The van der Waals surface area contributed by atoms with E-state index in [-0.39, 0.29) is 37.0 Å². The second kappa shape index (κ2) is 8.54. The molecule has 0 aromatic heterocycles. The van der Waals surface area contributed by atoms with E-state index in [0.29, 0.717) is 0 Å². The van der Waals surface area contributed by atoms with Crippen LogP contribution in [-0.2, 0) is 19.1 Å². The summed E-state index contributed by atoms with van der Waals surface area (Å²) in [5.41, 5.74) is 0. The molecule has 4 nitrogen and oxygen atoms in total. The van der Waals surface area contributed by atoms with Gasteiger partial charge < -0.3 is 9.47 Å². The molecule has 0 amide bonds. The number of carbonyl (C=O) groups is 2. The van der Waals surface area contributed by atoms with Gasteiger partial charge in [-0.2, -0.15) is 0 Å². The van der Waals surface area contributed by atoms with Gasteiger partial charge in [0.1, 0.15) is 13.2 Å². The predicted octanol–water partition coefficient (Wildman–Crippen LogP) is 3.73. The van der Waals surface area contributed by atoms with Gasteiger partial charge in [-0.25, -0.2) is 0 Å². The summed E-state index contributed by atoms with van der Waals surface area (Å²) in [6.07, 6.45) is 8.15. The van der Waals surface area contributed by atoms with Crippen molar-refractivity contribution in [2.75, 3.05) is 13.2 Å². The van der Waals surface area contributed by atoms with E-state index >= 15 is 0 Å². The van der Waals surface area contributed by atoms with E-state index in [1.54, 1.807) is 0 Å². The summed E-state index contributed by atoms with van der Waals surface area (Å²) in [5, 5.41) is 0. The number of hydrogen-bond donors (Lipinski definition) is 0. The lowest BCUT2D eigenvalue weighted by molar-refractivity contribution is -0.158. The number of rotatable bonds is 5. The molecule has 0 radical (unpaired) electrons. The molecule has 0 aliphatic heterocycles. The molecule has 0 aromatic carbocycles. The van der Waals surface area contributed by atoms with Gasteiger partial charge in [0.05, 0.1) is 11.8 Å². The Morgan fingerprint density at radius 3 is 1.32 bits per heavy atom. The highest BCUT2D eigenvalue weighted by Gasteiger charge is 2.27. The fourth-order valence-corrected chi connectivity index (χ4v) is 3.51. The van der Waals surface area contributed by atoms with Crippen molar-refractivity contribution < 1.29 is 19.1 Å². The van der Waals surface area contributed by atoms with Gasteiger partial charge in [-0.05, 0) is 63.2 Å². The normalized spacial score (nSPS) is 32.3. The van der Waals surface area contributed by atoms with Crippen LogP contribution in [0.4, 0.5) is 0 Å². The molecule has 0 bridgehead atoms. The number of carbonyl (C=O) groups excluding carboxylic acids is 2. The Morgan fingerprint density at radius 1 is 0.682 bits per heavy atom. The summed E-state index contributed by atoms with van der Waals surface area (Å²) < 4.78 is 10.5. The lowest BCUT2D eigenvalue weighted by atomic mass is 9.83. The third kappa shape index (κ3) is 5.29. The average molecular weight is 310 g/mol. The third-order valence-corrected chi connectivity index (χ3v) is 5.27. The SMILES string of the molecule is CC1CCC(C(=O)OCCOC(=O)C2CCC(C)CC2)CC1. The van der Waals surface area contributed by atoms with Crippen LogP contribution in [0.15, 0.2) is 0 Å². The first-order chi connectivity index (χ1) is 10.6. The molecule has 0 aromatic rings. The molecule has 2 fully saturated rings. The number of hydrogen-bond acceptors (Lipinski definition) is 4. The van der Waals surface area contributed by atoms with Crippen LogP contribution in [0.1, 0.15) is 65.2 Å². The predicted molar refractivity (Wildman–Crippen MR) is 84.2 cm³/mol. The monoisotopic (exact) mass is 310 g/mol. The van der Waals surface area contributed by atoms with E-state index in [1.165, 1.54) is 0 Å². The molecule has 4 heteroatoms. The van der Waals surface area contributed by atoms with Crippen LogP contribution in [0.3, 0.4) is 0 Å². The Bertz CT molecular complexity index is 327. The third-order valence-electron chi connectivity index (χ3n) is 5.27. The molecular weight excluding hydrogens is 280 g/mol. The summed E-state index contributed by atoms with van der Waals surface area (Å²) in [4.78, 5) is 23.8. The Morgan fingerprint density at radius 2 is 1.00 bits per heavy atom. The highest BCUT2D eigenvalue weighted by atomic mass is 16.6. The van der Waals surface area contributed by atoms with Crippen molar-refractivity contribution in [2.45, 2.75) is 65.2 Å². The van der Waals surface area contributed by atoms with Gasteiger partial charge in [-0.15, -0.1) is 0 Å². The van der Waals surface area contributed by atoms with E-state index in [0.717, 1.165) is 63.2 Å². The van der Waals surface area contributed by atoms with E-state index in [2.05, 4.69) is 13.8 Å². The fourth-order valence-electron chi connectivity index (χ4n) is 3.51. The highest BCUT2D eigenvalue weighted by molar-refractivity contribution is 5.73. The van der Waals surface area contributed by atoms with Crippen molar-refractivity contribution in [3.8, 4) is 0 Å². The first kappa shape index (κ1) is 17.3. The number of esters is 2. The van der Waals surface area contributed by atoms with Crippen LogP contribution >= 0.6 is 0 Å². The highest BCUT2D eigenvalue weighted by Crippen LogP contribution is 2.30. The molecule has 0 unspecified atom stereocenters. The maximum atomic E-state index is 11.9. The number of ether oxygens (including phenoxy) is 2. The fraction of sp³-hybridized carbons (Fsp3) is 0.889. The Balaban J connectivity index is 1.56. The standard InChI is InChI=1S/C18H30O4/c1-13-3-7-15(8-4-13)17(19)21-11-12-22-18(20)16-9-5-14(2)6-10-16/h13-16H,3-12H2,1-2H3. The molecule has 0 N–H and O–H groups in total. The largest absolute Gasteiger partial charge is 0.462 e. The first-order valence-corrected chi connectivity index (χ1v) is 8.89. The van der Waals surface area contributed by atoms with Gasteiger partial charge >= 0.3 is 11.9 Å². The molecule has 0 heterocycles. The average Bonchev–Trinajstić information content (AvgIpc) is 2.52. The molecule has 2 rings (SSSR count). The van der Waals surface area contributed by atoms with Crippen molar-refractivity contribution in [2.24, 2.45) is 23.7 Å². The molecule has 0 spiro atoms. The Hall–Kier alpha value is -1.06. The summed E-state index contributed by atoms with van der Waals surface area (Å²) in [7, 11) is 0. The molecule has 22 heavy (non-hydrogen) atoms. The van der Waals surface area contributed by atoms with Crippen LogP contribution in [-0.4, -0.2) is 25.2 Å².